The zero-order valence-corrected chi connectivity index (χ0v) is 15.4. The lowest BCUT2D eigenvalue weighted by atomic mass is 10.2. The van der Waals surface area contributed by atoms with E-state index >= 15 is 0 Å². The highest BCUT2D eigenvalue weighted by Gasteiger charge is 2.15. The zero-order valence-electron chi connectivity index (χ0n) is 15.4. The SMILES string of the molecule is Cc1cccn2cc(COc3ccc(C(=O)NCC4CCCN4)cc3)nc12. The predicted molar refractivity (Wildman–Crippen MR) is 104 cm³/mol. The van der Waals surface area contributed by atoms with Crippen LogP contribution in [0.5, 0.6) is 5.75 Å². The van der Waals surface area contributed by atoms with Crippen molar-refractivity contribution in [3.05, 3.63) is 65.6 Å². The average Bonchev–Trinajstić information content (AvgIpc) is 3.35. The van der Waals surface area contributed by atoms with Gasteiger partial charge in [-0.05, 0) is 62.2 Å². The van der Waals surface area contributed by atoms with Gasteiger partial charge in [-0.2, -0.15) is 0 Å². The number of carbonyl (C=O) groups is 1. The highest BCUT2D eigenvalue weighted by Crippen LogP contribution is 2.16. The van der Waals surface area contributed by atoms with Crippen molar-refractivity contribution in [2.45, 2.75) is 32.4 Å². The molecule has 1 unspecified atom stereocenters. The third-order valence-corrected chi connectivity index (χ3v) is 4.90. The molecule has 27 heavy (non-hydrogen) atoms. The van der Waals surface area contributed by atoms with Crippen LogP contribution < -0.4 is 15.4 Å². The second kappa shape index (κ2) is 7.80. The molecular weight excluding hydrogens is 340 g/mol. The smallest absolute Gasteiger partial charge is 0.251 e. The Morgan fingerprint density at radius 1 is 1.33 bits per heavy atom. The maximum absolute atomic E-state index is 12.2. The minimum Gasteiger partial charge on any atom is -0.487 e. The van der Waals surface area contributed by atoms with Gasteiger partial charge >= 0.3 is 0 Å². The summed E-state index contributed by atoms with van der Waals surface area (Å²) in [5.41, 5.74) is 3.59. The van der Waals surface area contributed by atoms with E-state index in [0.717, 1.165) is 35.6 Å². The van der Waals surface area contributed by atoms with Crippen molar-refractivity contribution in [2.75, 3.05) is 13.1 Å². The lowest BCUT2D eigenvalue weighted by Crippen LogP contribution is -2.37. The van der Waals surface area contributed by atoms with Crippen molar-refractivity contribution in [1.29, 1.82) is 0 Å². The zero-order chi connectivity index (χ0) is 18.6. The monoisotopic (exact) mass is 364 g/mol. The van der Waals surface area contributed by atoms with Gasteiger partial charge in [0.1, 0.15) is 18.0 Å². The molecule has 0 spiro atoms. The van der Waals surface area contributed by atoms with Crippen LogP contribution in [-0.2, 0) is 6.61 Å². The lowest BCUT2D eigenvalue weighted by molar-refractivity contribution is 0.0950. The third-order valence-electron chi connectivity index (χ3n) is 4.90. The van der Waals surface area contributed by atoms with Crippen LogP contribution >= 0.6 is 0 Å². The largest absolute Gasteiger partial charge is 0.487 e. The van der Waals surface area contributed by atoms with E-state index in [0.29, 0.717) is 24.8 Å². The number of rotatable bonds is 6. The molecule has 6 heteroatoms. The Labute approximate surface area is 158 Å². The van der Waals surface area contributed by atoms with Gasteiger partial charge in [0.25, 0.3) is 5.91 Å². The quantitative estimate of drug-likeness (QED) is 0.706. The first-order valence-corrected chi connectivity index (χ1v) is 9.37. The van der Waals surface area contributed by atoms with E-state index in [1.807, 2.05) is 48.0 Å². The second-order valence-electron chi connectivity index (χ2n) is 6.97. The molecule has 0 radical (unpaired) electrons. The highest BCUT2D eigenvalue weighted by molar-refractivity contribution is 5.94. The first kappa shape index (κ1) is 17.5. The van der Waals surface area contributed by atoms with Gasteiger partial charge in [0, 0.05) is 30.5 Å². The number of nitrogens with one attached hydrogen (secondary N) is 2. The van der Waals surface area contributed by atoms with Crippen molar-refractivity contribution >= 4 is 11.6 Å². The molecule has 2 N–H and O–H groups in total. The van der Waals surface area contributed by atoms with Crippen molar-refractivity contribution in [3.63, 3.8) is 0 Å². The molecule has 1 aliphatic rings. The van der Waals surface area contributed by atoms with Gasteiger partial charge in [-0.15, -0.1) is 0 Å². The molecule has 2 aromatic heterocycles. The highest BCUT2D eigenvalue weighted by atomic mass is 16.5. The molecule has 4 rings (SSSR count). The Kier molecular flexibility index (Phi) is 5.07. The maximum atomic E-state index is 12.2. The van der Waals surface area contributed by atoms with Gasteiger partial charge in [0.15, 0.2) is 0 Å². The van der Waals surface area contributed by atoms with Gasteiger partial charge in [-0.1, -0.05) is 6.07 Å². The Morgan fingerprint density at radius 2 is 2.19 bits per heavy atom. The van der Waals surface area contributed by atoms with Gasteiger partial charge in [0.2, 0.25) is 0 Å². The minimum absolute atomic E-state index is 0.0499. The fraction of sp³-hybridized carbons (Fsp3) is 0.333. The molecule has 1 saturated heterocycles. The number of hydrogen-bond donors (Lipinski definition) is 2. The van der Waals surface area contributed by atoms with Gasteiger partial charge in [-0.3, -0.25) is 4.79 Å². The molecule has 0 saturated carbocycles. The fourth-order valence-corrected chi connectivity index (χ4v) is 3.38. The number of nitrogens with zero attached hydrogens (tertiary/aromatic N) is 2. The fourth-order valence-electron chi connectivity index (χ4n) is 3.38. The topological polar surface area (TPSA) is 67.7 Å². The summed E-state index contributed by atoms with van der Waals surface area (Å²) in [7, 11) is 0. The number of benzene rings is 1. The molecule has 3 aromatic rings. The number of aromatic nitrogens is 2. The number of imidazole rings is 1. The van der Waals surface area contributed by atoms with Crippen LogP contribution in [0.1, 0.15) is 34.5 Å². The van der Waals surface area contributed by atoms with E-state index in [-0.39, 0.29) is 5.91 Å². The number of pyridine rings is 1. The molecule has 1 aliphatic heterocycles. The van der Waals surface area contributed by atoms with Crippen LogP contribution in [0.15, 0.2) is 48.8 Å². The average molecular weight is 364 g/mol. The van der Waals surface area contributed by atoms with E-state index in [2.05, 4.69) is 15.6 Å². The van der Waals surface area contributed by atoms with E-state index in [4.69, 9.17) is 4.74 Å². The molecule has 1 atom stereocenters. The summed E-state index contributed by atoms with van der Waals surface area (Å²) in [5.74, 6) is 0.670. The van der Waals surface area contributed by atoms with Crippen LogP contribution in [0.25, 0.3) is 5.65 Å². The summed E-state index contributed by atoms with van der Waals surface area (Å²) in [6.45, 7) is 4.14. The van der Waals surface area contributed by atoms with Crippen molar-refractivity contribution in [1.82, 2.24) is 20.0 Å². The summed E-state index contributed by atoms with van der Waals surface area (Å²) in [4.78, 5) is 16.8. The maximum Gasteiger partial charge on any atom is 0.251 e. The molecule has 0 bridgehead atoms. The van der Waals surface area contributed by atoms with E-state index in [1.165, 1.54) is 6.42 Å². The second-order valence-corrected chi connectivity index (χ2v) is 6.97. The van der Waals surface area contributed by atoms with Gasteiger partial charge in [0.05, 0.1) is 5.69 Å². The summed E-state index contributed by atoms with van der Waals surface area (Å²) in [6.07, 6.45) is 6.25. The predicted octanol–water partition coefficient (Wildman–Crippen LogP) is 2.70. The number of amides is 1. The Hall–Kier alpha value is -2.86. The minimum atomic E-state index is -0.0499. The molecule has 1 fully saturated rings. The number of fused-ring (bicyclic) bond motifs is 1. The molecule has 1 aromatic carbocycles. The van der Waals surface area contributed by atoms with Crippen LogP contribution in [0, 0.1) is 6.92 Å². The van der Waals surface area contributed by atoms with Crippen LogP contribution in [-0.4, -0.2) is 34.4 Å². The number of hydrogen-bond acceptors (Lipinski definition) is 4. The number of aryl methyl sites for hydroxylation is 1. The van der Waals surface area contributed by atoms with Crippen LogP contribution in [0.2, 0.25) is 0 Å². The van der Waals surface area contributed by atoms with Crippen molar-refractivity contribution in [2.24, 2.45) is 0 Å². The molecule has 1 amide bonds. The van der Waals surface area contributed by atoms with E-state index in [1.54, 1.807) is 12.1 Å². The molecule has 0 aliphatic carbocycles. The summed E-state index contributed by atoms with van der Waals surface area (Å²) < 4.78 is 7.82. The van der Waals surface area contributed by atoms with Crippen LogP contribution in [0.4, 0.5) is 0 Å². The van der Waals surface area contributed by atoms with Gasteiger partial charge in [-0.25, -0.2) is 4.98 Å². The number of carbonyl (C=O) groups excluding carboxylic acids is 1. The van der Waals surface area contributed by atoms with Crippen molar-refractivity contribution < 1.29 is 9.53 Å². The molecule has 140 valence electrons. The molecule has 3 heterocycles. The van der Waals surface area contributed by atoms with E-state index < -0.39 is 0 Å². The Balaban J connectivity index is 1.33. The summed E-state index contributed by atoms with van der Waals surface area (Å²) in [6, 6.07) is 11.7. The normalized spacial score (nSPS) is 16.6. The van der Waals surface area contributed by atoms with Gasteiger partial charge < -0.3 is 19.8 Å². The Bertz CT molecular complexity index is 927. The van der Waals surface area contributed by atoms with E-state index in [9.17, 15) is 4.79 Å². The first-order valence-electron chi connectivity index (χ1n) is 9.37. The molecular formula is C21H24N4O2. The van der Waals surface area contributed by atoms with Crippen LogP contribution in [0.3, 0.4) is 0 Å². The molecule has 6 nitrogen and oxygen atoms in total. The first-order chi connectivity index (χ1) is 13.2. The third kappa shape index (κ3) is 4.11. The summed E-state index contributed by atoms with van der Waals surface area (Å²) >= 11 is 0. The standard InChI is InChI=1S/C21H24N4O2/c1-15-4-3-11-25-13-18(24-20(15)25)14-27-19-8-6-16(7-9-19)21(26)23-12-17-5-2-10-22-17/h3-4,6-9,11,13,17,22H,2,5,10,12,14H2,1H3,(H,23,26). The Morgan fingerprint density at radius 3 is 2.93 bits per heavy atom. The summed E-state index contributed by atoms with van der Waals surface area (Å²) in [5, 5.41) is 6.36. The number of ether oxygens (including phenoxy) is 1. The lowest BCUT2D eigenvalue weighted by Gasteiger charge is -2.11. The van der Waals surface area contributed by atoms with Crippen molar-refractivity contribution in [3.8, 4) is 5.75 Å².